The number of fused-ring (bicyclic) bond motifs is 1. The van der Waals surface area contributed by atoms with E-state index in [1.165, 1.54) is 5.01 Å². The Morgan fingerprint density at radius 2 is 1.90 bits per heavy atom. The number of hydrogen-bond acceptors (Lipinski definition) is 6. The molecule has 152 valence electrons. The minimum absolute atomic E-state index is 0.117. The number of amides is 1. The number of carboxylic acid groups (broad SMARTS) is 1. The maximum Gasteiger partial charge on any atom is 0.303 e. The lowest BCUT2D eigenvalue weighted by molar-refractivity contribution is -0.141. The van der Waals surface area contributed by atoms with Crippen LogP contribution in [0.25, 0.3) is 11.0 Å². The summed E-state index contributed by atoms with van der Waals surface area (Å²) in [5.74, 6) is -0.653. The van der Waals surface area contributed by atoms with Gasteiger partial charge in [-0.05, 0) is 29.8 Å². The first-order valence-corrected chi connectivity index (χ1v) is 9.51. The lowest BCUT2D eigenvalue weighted by Crippen LogP contribution is -2.27. The van der Waals surface area contributed by atoms with Crippen molar-refractivity contribution < 1.29 is 19.4 Å². The van der Waals surface area contributed by atoms with Crippen molar-refractivity contribution in [1.82, 2.24) is 15.0 Å². The van der Waals surface area contributed by atoms with Gasteiger partial charge in [-0.1, -0.05) is 18.2 Å². The highest BCUT2D eigenvalue weighted by molar-refractivity contribution is 6.03. The van der Waals surface area contributed by atoms with Gasteiger partial charge in [0.2, 0.25) is 5.91 Å². The number of carbonyl (C=O) groups is 2. The molecule has 30 heavy (non-hydrogen) atoms. The molecule has 1 aromatic heterocycles. The van der Waals surface area contributed by atoms with Gasteiger partial charge in [-0.3, -0.25) is 19.6 Å². The highest BCUT2D eigenvalue weighted by atomic mass is 16.5. The minimum atomic E-state index is -1.02. The molecule has 8 nitrogen and oxygen atoms in total. The molecule has 1 N–H and O–H groups in total. The molecule has 0 bridgehead atoms. The van der Waals surface area contributed by atoms with Crippen molar-refractivity contribution in [2.45, 2.75) is 25.3 Å². The summed E-state index contributed by atoms with van der Waals surface area (Å²) in [6.07, 6.45) is 3.39. The molecule has 0 spiro atoms. The molecule has 3 aromatic rings. The topological polar surface area (TPSA) is 105 Å². The van der Waals surface area contributed by atoms with E-state index < -0.39 is 5.97 Å². The first-order valence-electron chi connectivity index (χ1n) is 9.51. The van der Waals surface area contributed by atoms with Gasteiger partial charge in [0, 0.05) is 30.8 Å². The normalized spacial score (nSPS) is 15.8. The second-order valence-electron chi connectivity index (χ2n) is 6.94. The Morgan fingerprint density at radius 1 is 1.10 bits per heavy atom. The predicted octanol–water partition coefficient (Wildman–Crippen LogP) is 3.18. The van der Waals surface area contributed by atoms with Crippen LogP contribution in [-0.4, -0.2) is 44.8 Å². The van der Waals surface area contributed by atoms with Gasteiger partial charge in [-0.2, -0.15) is 5.10 Å². The fourth-order valence-electron chi connectivity index (χ4n) is 3.49. The third kappa shape index (κ3) is 3.98. The van der Waals surface area contributed by atoms with Crippen molar-refractivity contribution in [3.63, 3.8) is 0 Å². The van der Waals surface area contributed by atoms with E-state index in [2.05, 4.69) is 15.1 Å². The van der Waals surface area contributed by atoms with Crippen molar-refractivity contribution in [2.75, 3.05) is 7.11 Å². The number of hydrogen-bond donors (Lipinski definition) is 1. The predicted molar refractivity (Wildman–Crippen MR) is 110 cm³/mol. The van der Waals surface area contributed by atoms with E-state index in [9.17, 15) is 9.59 Å². The second kappa shape index (κ2) is 8.28. The lowest BCUT2D eigenvalue weighted by Gasteiger charge is -2.22. The zero-order valence-electron chi connectivity index (χ0n) is 16.4. The molecule has 0 unspecified atom stereocenters. The summed E-state index contributed by atoms with van der Waals surface area (Å²) in [5, 5.41) is 14.9. The molecular weight excluding hydrogens is 384 g/mol. The molecule has 1 aliphatic rings. The Labute approximate surface area is 172 Å². The van der Waals surface area contributed by atoms with Gasteiger partial charge < -0.3 is 9.84 Å². The van der Waals surface area contributed by atoms with Crippen LogP contribution in [0, 0.1) is 0 Å². The summed E-state index contributed by atoms with van der Waals surface area (Å²) < 4.78 is 5.30. The average molecular weight is 404 g/mol. The van der Waals surface area contributed by atoms with Gasteiger partial charge in [-0.25, -0.2) is 5.01 Å². The van der Waals surface area contributed by atoms with Gasteiger partial charge in [-0.15, -0.1) is 0 Å². The molecule has 0 aliphatic carbocycles. The molecule has 0 saturated heterocycles. The molecule has 4 rings (SSSR count). The highest BCUT2D eigenvalue weighted by Crippen LogP contribution is 2.34. The summed E-state index contributed by atoms with van der Waals surface area (Å²) in [7, 11) is 1.59. The Balaban J connectivity index is 1.69. The number of hydrazone groups is 1. The van der Waals surface area contributed by atoms with Gasteiger partial charge in [0.15, 0.2) is 0 Å². The second-order valence-corrected chi connectivity index (χ2v) is 6.94. The van der Waals surface area contributed by atoms with Crippen LogP contribution in [0.3, 0.4) is 0 Å². The van der Waals surface area contributed by atoms with Crippen molar-refractivity contribution in [2.24, 2.45) is 5.10 Å². The maximum atomic E-state index is 12.8. The van der Waals surface area contributed by atoms with Crippen LogP contribution in [0.1, 0.15) is 36.4 Å². The first kappa shape index (κ1) is 19.5. The number of carboxylic acids is 1. The number of carbonyl (C=O) groups excluding carboxylic acids is 1. The number of ether oxygens (including phenoxy) is 1. The van der Waals surface area contributed by atoms with Crippen molar-refractivity contribution in [3.8, 4) is 5.75 Å². The van der Waals surface area contributed by atoms with E-state index in [-0.39, 0.29) is 24.8 Å². The van der Waals surface area contributed by atoms with E-state index in [1.807, 2.05) is 42.5 Å². The summed E-state index contributed by atoms with van der Waals surface area (Å²) >= 11 is 0. The Morgan fingerprint density at radius 3 is 2.67 bits per heavy atom. The fourth-order valence-corrected chi connectivity index (χ4v) is 3.49. The minimum Gasteiger partial charge on any atom is -0.497 e. The zero-order valence-corrected chi connectivity index (χ0v) is 16.4. The van der Waals surface area contributed by atoms with E-state index in [4.69, 9.17) is 9.84 Å². The number of aliphatic carboxylic acids is 1. The third-order valence-corrected chi connectivity index (χ3v) is 5.00. The maximum absolute atomic E-state index is 12.8. The van der Waals surface area contributed by atoms with E-state index >= 15 is 0 Å². The first-order chi connectivity index (χ1) is 14.5. The van der Waals surface area contributed by atoms with Gasteiger partial charge in [0.05, 0.1) is 36.3 Å². The molecule has 1 amide bonds. The van der Waals surface area contributed by atoms with Gasteiger partial charge in [0.25, 0.3) is 0 Å². The molecule has 0 fully saturated rings. The Bertz CT molecular complexity index is 1140. The van der Waals surface area contributed by atoms with Crippen LogP contribution in [-0.2, 0) is 9.59 Å². The summed E-state index contributed by atoms with van der Waals surface area (Å²) in [4.78, 5) is 32.4. The SMILES string of the molecule is COc1cccc(C2=NN(C(=O)CCC(=O)O)[C@H](c3ccc4nccnc4c3)C2)c1. The molecule has 0 saturated carbocycles. The van der Waals surface area contributed by atoms with Crippen LogP contribution in [0.5, 0.6) is 5.75 Å². The van der Waals surface area contributed by atoms with Crippen molar-refractivity contribution >= 4 is 28.6 Å². The van der Waals surface area contributed by atoms with Gasteiger partial charge in [0.1, 0.15) is 5.75 Å². The summed E-state index contributed by atoms with van der Waals surface area (Å²) in [5.41, 5.74) is 3.95. The summed E-state index contributed by atoms with van der Waals surface area (Å²) in [6.45, 7) is 0. The van der Waals surface area contributed by atoms with E-state index in [0.717, 1.165) is 27.9 Å². The van der Waals surface area contributed by atoms with Crippen LogP contribution in [0.4, 0.5) is 0 Å². The molecule has 2 heterocycles. The molecule has 1 aliphatic heterocycles. The van der Waals surface area contributed by atoms with E-state index in [0.29, 0.717) is 12.2 Å². The third-order valence-electron chi connectivity index (χ3n) is 5.00. The number of rotatable bonds is 6. The molecule has 8 heteroatoms. The quantitative estimate of drug-likeness (QED) is 0.677. The lowest BCUT2D eigenvalue weighted by atomic mass is 9.97. The standard InChI is InChI=1S/C22H20N4O4/c1-30-16-4-2-3-14(11-16)18-13-20(26(25-18)21(27)7-8-22(28)29)15-5-6-17-19(12-15)24-10-9-23-17/h2-6,9-12,20H,7-8,13H2,1H3,(H,28,29)/t20-/m0/s1. The summed E-state index contributed by atoms with van der Waals surface area (Å²) in [6, 6.07) is 12.8. The monoisotopic (exact) mass is 404 g/mol. The molecule has 0 radical (unpaired) electrons. The molecular formula is C22H20N4O4. The number of benzene rings is 2. The van der Waals surface area contributed by atoms with Crippen molar-refractivity contribution in [3.05, 3.63) is 66.0 Å². The van der Waals surface area contributed by atoms with Crippen molar-refractivity contribution in [1.29, 1.82) is 0 Å². The van der Waals surface area contributed by atoms with Crippen LogP contribution >= 0.6 is 0 Å². The largest absolute Gasteiger partial charge is 0.497 e. The zero-order chi connectivity index (χ0) is 21.1. The number of aromatic nitrogens is 2. The molecule has 2 aromatic carbocycles. The number of methoxy groups -OCH3 is 1. The number of nitrogens with zero attached hydrogens (tertiary/aromatic N) is 4. The average Bonchev–Trinajstić information content (AvgIpc) is 3.23. The fraction of sp³-hybridized carbons (Fsp3) is 0.227. The Kier molecular flexibility index (Phi) is 5.38. The Hall–Kier alpha value is -3.81. The van der Waals surface area contributed by atoms with Crippen LogP contribution < -0.4 is 4.74 Å². The smallest absolute Gasteiger partial charge is 0.303 e. The van der Waals surface area contributed by atoms with Crippen LogP contribution in [0.2, 0.25) is 0 Å². The van der Waals surface area contributed by atoms with Gasteiger partial charge >= 0.3 is 5.97 Å². The van der Waals surface area contributed by atoms with E-state index in [1.54, 1.807) is 19.5 Å². The highest BCUT2D eigenvalue weighted by Gasteiger charge is 2.33. The molecule has 1 atom stereocenters. The van der Waals surface area contributed by atoms with Crippen LogP contribution in [0.15, 0.2) is 60.0 Å².